The molecule has 2 aliphatic heterocycles. The van der Waals surface area contributed by atoms with Crippen molar-refractivity contribution in [1.82, 2.24) is 9.97 Å². The number of pyridine rings is 2. The predicted molar refractivity (Wildman–Crippen MR) is 223 cm³/mol. The van der Waals surface area contributed by atoms with Gasteiger partial charge in [-0.15, -0.1) is 0 Å². The lowest BCUT2D eigenvalue weighted by molar-refractivity contribution is 0.732. The molecule has 1 aliphatic carbocycles. The molecule has 10 rings (SSSR count). The van der Waals surface area contributed by atoms with Crippen LogP contribution in [0.3, 0.4) is 0 Å². The van der Waals surface area contributed by atoms with E-state index in [-0.39, 0.29) is 29.7 Å². The van der Waals surface area contributed by atoms with Crippen molar-refractivity contribution in [3.8, 4) is 22.3 Å². The van der Waals surface area contributed by atoms with Gasteiger partial charge in [-0.1, -0.05) is 103 Å². The Labute approximate surface area is 325 Å². The molecule has 0 amide bonds. The number of hydrogen-bond donors (Lipinski definition) is 0. The van der Waals surface area contributed by atoms with E-state index in [4.69, 9.17) is 16.8 Å². The standard InChI is InChI=1S/C50H44N4/c1-33-25-26-51-48(29-33)53-27-11-15-37-21-23-39(30-46(37)53)50(44-19-9-7-17-41(44)42-18-8-10-20-45(42)50)40-24-22-38-16-12-28-54(47(38)31-40)49-35(3)34(2)43(32-52-49)36-13-5-4-6-14-36/h4-10,13-14,17-26,29-32H,11-12,15-16,27-28H2,1-3H3/i4D,5D,6D,13D,14D. The third-order valence-corrected chi connectivity index (χ3v) is 12.0. The van der Waals surface area contributed by atoms with Gasteiger partial charge in [0, 0.05) is 42.4 Å². The van der Waals surface area contributed by atoms with Gasteiger partial charge in [0.2, 0.25) is 0 Å². The summed E-state index contributed by atoms with van der Waals surface area (Å²) in [4.78, 5) is 14.6. The molecular formula is C50H44N4. The first kappa shape index (κ1) is 27.6. The van der Waals surface area contributed by atoms with Crippen molar-refractivity contribution in [2.75, 3.05) is 22.9 Å². The maximum atomic E-state index is 8.68. The third kappa shape index (κ3) is 4.96. The predicted octanol–water partition coefficient (Wildman–Crippen LogP) is 11.6. The largest absolute Gasteiger partial charge is 0.326 e. The summed E-state index contributed by atoms with van der Waals surface area (Å²) in [5, 5.41) is 0. The summed E-state index contributed by atoms with van der Waals surface area (Å²) in [6, 6.07) is 34.6. The summed E-state index contributed by atoms with van der Waals surface area (Å²) < 4.78 is 42.1. The van der Waals surface area contributed by atoms with Crippen molar-refractivity contribution in [2.45, 2.75) is 51.9 Å². The molecule has 4 nitrogen and oxygen atoms in total. The molecule has 264 valence electrons. The van der Waals surface area contributed by atoms with Crippen LogP contribution < -0.4 is 9.80 Å². The molecule has 5 aromatic carbocycles. The topological polar surface area (TPSA) is 32.3 Å². The molecule has 0 fully saturated rings. The highest BCUT2D eigenvalue weighted by atomic mass is 15.2. The number of nitrogens with zero attached hydrogens (tertiary/aromatic N) is 4. The second-order valence-electron chi connectivity index (χ2n) is 15.0. The van der Waals surface area contributed by atoms with Gasteiger partial charge >= 0.3 is 0 Å². The number of aromatic nitrogens is 2. The SMILES string of the molecule is [2H]c1c([2H])c([2H])c(-c2cnc(N3CCCc4ccc(C5(c6ccc7c(c6)N(c6cc(C)ccn6)CCC7)c6ccccc6-c6ccccc65)cc43)c(C)c2C)c([2H])c1[2H]. The normalized spacial score (nSPS) is 16.6. The first-order chi connectivity index (χ1) is 28.6. The fourth-order valence-electron chi connectivity index (χ4n) is 9.36. The minimum atomic E-state index is -0.618. The van der Waals surface area contributed by atoms with E-state index in [0.717, 1.165) is 67.2 Å². The molecule has 7 aromatic rings. The van der Waals surface area contributed by atoms with Crippen LogP contribution in [-0.4, -0.2) is 23.1 Å². The van der Waals surface area contributed by atoms with E-state index in [1.807, 2.05) is 20.0 Å². The van der Waals surface area contributed by atoms with Crippen LogP contribution in [0.25, 0.3) is 22.3 Å². The Morgan fingerprint density at radius 2 is 1.22 bits per heavy atom. The van der Waals surface area contributed by atoms with E-state index in [1.165, 1.54) is 55.8 Å². The van der Waals surface area contributed by atoms with Gasteiger partial charge in [0.25, 0.3) is 0 Å². The van der Waals surface area contributed by atoms with Crippen molar-refractivity contribution in [2.24, 2.45) is 0 Å². The lowest BCUT2D eigenvalue weighted by atomic mass is 9.67. The van der Waals surface area contributed by atoms with Crippen LogP contribution in [0.15, 0.2) is 140 Å². The molecule has 0 atom stereocenters. The average Bonchev–Trinajstić information content (AvgIpc) is 3.57. The van der Waals surface area contributed by atoms with Crippen molar-refractivity contribution in [3.05, 3.63) is 190 Å². The smallest absolute Gasteiger partial charge is 0.136 e. The molecule has 0 N–H and O–H groups in total. The van der Waals surface area contributed by atoms with Crippen molar-refractivity contribution >= 4 is 23.0 Å². The molecule has 4 heterocycles. The molecular weight excluding hydrogens is 657 g/mol. The zero-order valence-electron chi connectivity index (χ0n) is 35.9. The maximum absolute atomic E-state index is 8.68. The highest BCUT2D eigenvalue weighted by molar-refractivity contribution is 5.88. The molecule has 3 aliphatic rings. The molecule has 0 bridgehead atoms. The minimum Gasteiger partial charge on any atom is -0.326 e. The zero-order valence-corrected chi connectivity index (χ0v) is 30.9. The quantitative estimate of drug-likeness (QED) is 0.178. The third-order valence-electron chi connectivity index (χ3n) is 12.0. The van der Waals surface area contributed by atoms with E-state index in [0.29, 0.717) is 5.56 Å². The fourth-order valence-corrected chi connectivity index (χ4v) is 9.36. The monoisotopic (exact) mass is 705 g/mol. The van der Waals surface area contributed by atoms with Gasteiger partial charge < -0.3 is 9.80 Å². The minimum absolute atomic E-state index is 0.180. The van der Waals surface area contributed by atoms with Crippen molar-refractivity contribution < 1.29 is 6.85 Å². The summed E-state index contributed by atoms with van der Waals surface area (Å²) in [6.45, 7) is 7.80. The Morgan fingerprint density at radius 3 is 1.87 bits per heavy atom. The fraction of sp³-hybridized carbons (Fsp3) is 0.200. The van der Waals surface area contributed by atoms with Crippen LogP contribution in [0.4, 0.5) is 23.0 Å². The number of anilines is 4. The lowest BCUT2D eigenvalue weighted by Crippen LogP contribution is -2.32. The van der Waals surface area contributed by atoms with Gasteiger partial charge in [-0.3, -0.25) is 0 Å². The molecule has 2 aromatic heterocycles. The van der Waals surface area contributed by atoms with Crippen LogP contribution in [0.5, 0.6) is 0 Å². The van der Waals surface area contributed by atoms with Gasteiger partial charge in [-0.05, 0) is 137 Å². The number of benzene rings is 5. The Balaban J connectivity index is 1.17. The van der Waals surface area contributed by atoms with Crippen LogP contribution >= 0.6 is 0 Å². The second kappa shape index (κ2) is 12.8. The Bertz CT molecular complexity index is 2790. The van der Waals surface area contributed by atoms with E-state index in [9.17, 15) is 0 Å². The van der Waals surface area contributed by atoms with Gasteiger partial charge in [0.05, 0.1) is 12.3 Å². The number of fused-ring (bicyclic) bond motifs is 5. The summed E-state index contributed by atoms with van der Waals surface area (Å²) >= 11 is 0. The molecule has 0 radical (unpaired) electrons. The van der Waals surface area contributed by atoms with Crippen LogP contribution in [0.1, 0.15) is 69.8 Å². The molecule has 0 saturated heterocycles. The van der Waals surface area contributed by atoms with E-state index in [2.05, 4.69) is 114 Å². The summed E-state index contributed by atoms with van der Waals surface area (Å²) in [5.74, 6) is 1.79. The van der Waals surface area contributed by atoms with Crippen LogP contribution in [0, 0.1) is 20.8 Å². The van der Waals surface area contributed by atoms with Gasteiger partial charge in [0.1, 0.15) is 11.6 Å². The summed E-state index contributed by atoms with van der Waals surface area (Å²) in [7, 11) is 0. The highest BCUT2D eigenvalue weighted by Crippen LogP contribution is 2.57. The van der Waals surface area contributed by atoms with Gasteiger partial charge in [0.15, 0.2) is 0 Å². The molecule has 0 saturated carbocycles. The summed E-state index contributed by atoms with van der Waals surface area (Å²) in [5.41, 5.74) is 15.4. The highest BCUT2D eigenvalue weighted by Gasteiger charge is 2.47. The molecule has 54 heavy (non-hydrogen) atoms. The van der Waals surface area contributed by atoms with Crippen molar-refractivity contribution in [1.29, 1.82) is 0 Å². The van der Waals surface area contributed by atoms with E-state index < -0.39 is 11.5 Å². The Kier molecular flexibility index (Phi) is 6.56. The Morgan fingerprint density at radius 1 is 0.611 bits per heavy atom. The van der Waals surface area contributed by atoms with Crippen LogP contribution in [0.2, 0.25) is 0 Å². The first-order valence-electron chi connectivity index (χ1n) is 21.6. The number of hydrogen-bond acceptors (Lipinski definition) is 4. The summed E-state index contributed by atoms with van der Waals surface area (Å²) in [6.07, 6.45) is 7.59. The van der Waals surface area contributed by atoms with Gasteiger partial charge in [-0.25, -0.2) is 9.97 Å². The zero-order chi connectivity index (χ0) is 40.7. The van der Waals surface area contributed by atoms with E-state index in [1.54, 1.807) is 6.20 Å². The van der Waals surface area contributed by atoms with Gasteiger partial charge in [-0.2, -0.15) is 0 Å². The number of rotatable bonds is 5. The molecule has 4 heteroatoms. The second-order valence-corrected chi connectivity index (χ2v) is 15.0. The van der Waals surface area contributed by atoms with Crippen molar-refractivity contribution in [3.63, 3.8) is 0 Å². The molecule has 0 spiro atoms. The maximum Gasteiger partial charge on any atom is 0.136 e. The first-order valence-corrected chi connectivity index (χ1v) is 19.1. The Hall–Kier alpha value is -6.00. The number of aryl methyl sites for hydroxylation is 3. The average molecular weight is 706 g/mol. The van der Waals surface area contributed by atoms with Crippen LogP contribution in [-0.2, 0) is 18.3 Å². The van der Waals surface area contributed by atoms with E-state index >= 15 is 0 Å². The molecule has 0 unspecified atom stereocenters. The lowest BCUT2D eigenvalue weighted by Gasteiger charge is -2.38.